The summed E-state index contributed by atoms with van der Waals surface area (Å²) in [6.45, 7) is 3.54. The van der Waals surface area contributed by atoms with Crippen LogP contribution in [0.3, 0.4) is 0 Å². The molecule has 5 heteroatoms. The molecule has 0 spiro atoms. The monoisotopic (exact) mass is 173 g/mol. The van der Waals surface area contributed by atoms with Crippen LogP contribution in [0.5, 0.6) is 0 Å². The first-order chi connectivity index (χ1) is 5.43. The molecule has 0 saturated carbocycles. The summed E-state index contributed by atoms with van der Waals surface area (Å²) >= 11 is 1.64. The van der Waals surface area contributed by atoms with Crippen molar-refractivity contribution in [3.05, 3.63) is 6.20 Å². The molecule has 0 aromatic carbocycles. The van der Waals surface area contributed by atoms with Crippen molar-refractivity contribution in [2.75, 3.05) is 19.0 Å². The lowest BCUT2D eigenvalue weighted by molar-refractivity contribution is 0.164. The van der Waals surface area contributed by atoms with Crippen LogP contribution in [0.2, 0.25) is 0 Å². The molecule has 11 heavy (non-hydrogen) atoms. The van der Waals surface area contributed by atoms with Gasteiger partial charge in [0.05, 0.1) is 12.8 Å². The van der Waals surface area contributed by atoms with Crippen LogP contribution in [-0.2, 0) is 4.74 Å². The number of ether oxygens (including phenoxy) is 1. The maximum absolute atomic E-state index is 5.15. The van der Waals surface area contributed by atoms with Gasteiger partial charge in [-0.2, -0.15) is 10.3 Å². The number of H-pyrrole nitrogens is 1. The Kier molecular flexibility index (Phi) is 4.00. The quantitative estimate of drug-likeness (QED) is 0.531. The maximum atomic E-state index is 5.15. The minimum absolute atomic E-state index is 0.772. The van der Waals surface area contributed by atoms with Crippen molar-refractivity contribution in [2.45, 2.75) is 11.9 Å². The fraction of sp³-hybridized carbons (Fsp3) is 0.667. The van der Waals surface area contributed by atoms with E-state index < -0.39 is 0 Å². The smallest absolute Gasteiger partial charge is 0.138 e. The Morgan fingerprint density at radius 2 is 2.64 bits per heavy atom. The third-order valence-corrected chi connectivity index (χ3v) is 1.94. The van der Waals surface area contributed by atoms with Gasteiger partial charge in [0.2, 0.25) is 0 Å². The van der Waals surface area contributed by atoms with E-state index in [2.05, 4.69) is 15.4 Å². The zero-order valence-corrected chi connectivity index (χ0v) is 7.23. The summed E-state index contributed by atoms with van der Waals surface area (Å²) in [4.78, 5) is 0. The van der Waals surface area contributed by atoms with E-state index in [1.807, 2.05) is 6.92 Å². The molecule has 62 valence electrons. The Morgan fingerprint density at radius 3 is 3.27 bits per heavy atom. The Balaban J connectivity index is 2.04. The molecule has 0 fully saturated rings. The summed E-state index contributed by atoms with van der Waals surface area (Å²) in [5, 5.41) is 11.0. The summed E-state index contributed by atoms with van der Waals surface area (Å²) in [6, 6.07) is 0. The second-order valence-electron chi connectivity index (χ2n) is 1.85. The lowest BCUT2D eigenvalue weighted by Gasteiger charge is -1.96. The van der Waals surface area contributed by atoms with Crippen LogP contribution in [0.25, 0.3) is 0 Å². The zero-order valence-electron chi connectivity index (χ0n) is 6.41. The lowest BCUT2D eigenvalue weighted by atomic mass is 10.8. The van der Waals surface area contributed by atoms with Crippen LogP contribution in [0.1, 0.15) is 6.92 Å². The van der Waals surface area contributed by atoms with E-state index in [9.17, 15) is 0 Å². The summed E-state index contributed by atoms with van der Waals surface area (Å²) in [5.41, 5.74) is 0. The van der Waals surface area contributed by atoms with Gasteiger partial charge in [-0.25, -0.2) is 0 Å². The fourth-order valence-corrected chi connectivity index (χ4v) is 1.25. The number of nitrogens with zero attached hydrogens (tertiary/aromatic N) is 2. The summed E-state index contributed by atoms with van der Waals surface area (Å²) in [7, 11) is 0. The van der Waals surface area contributed by atoms with E-state index in [4.69, 9.17) is 4.74 Å². The molecule has 0 aliphatic heterocycles. The first kappa shape index (κ1) is 8.55. The molecule has 0 atom stereocenters. The third-order valence-electron chi connectivity index (χ3n) is 1.07. The highest BCUT2D eigenvalue weighted by atomic mass is 32.2. The molecule has 0 saturated heterocycles. The van der Waals surface area contributed by atoms with Gasteiger partial charge in [0.1, 0.15) is 5.03 Å². The molecule has 0 bridgehead atoms. The first-order valence-electron chi connectivity index (χ1n) is 3.49. The molecule has 0 aliphatic carbocycles. The van der Waals surface area contributed by atoms with Gasteiger partial charge in [-0.05, 0) is 6.92 Å². The Bertz CT molecular complexity index is 178. The van der Waals surface area contributed by atoms with Crippen LogP contribution in [0.4, 0.5) is 0 Å². The number of rotatable bonds is 5. The van der Waals surface area contributed by atoms with Crippen molar-refractivity contribution < 1.29 is 4.74 Å². The topological polar surface area (TPSA) is 50.8 Å². The molecule has 1 rings (SSSR count). The predicted octanol–water partition coefficient (Wildman–Crippen LogP) is 0.933. The Labute approximate surface area is 69.7 Å². The highest BCUT2D eigenvalue weighted by Gasteiger charge is 1.94. The number of aromatic nitrogens is 3. The zero-order chi connectivity index (χ0) is 7.94. The van der Waals surface area contributed by atoms with Gasteiger partial charge < -0.3 is 4.74 Å². The summed E-state index contributed by atoms with van der Waals surface area (Å²) in [6.07, 6.45) is 1.70. The van der Waals surface area contributed by atoms with Gasteiger partial charge >= 0.3 is 0 Å². The van der Waals surface area contributed by atoms with Crippen molar-refractivity contribution in [1.29, 1.82) is 0 Å². The van der Waals surface area contributed by atoms with Crippen molar-refractivity contribution in [3.63, 3.8) is 0 Å². The molecule has 1 aromatic heterocycles. The van der Waals surface area contributed by atoms with Crippen LogP contribution in [-0.4, -0.2) is 34.4 Å². The van der Waals surface area contributed by atoms with E-state index in [0.29, 0.717) is 0 Å². The van der Waals surface area contributed by atoms with Crippen molar-refractivity contribution in [3.8, 4) is 0 Å². The molecule has 0 amide bonds. The minimum Gasteiger partial charge on any atom is -0.381 e. The minimum atomic E-state index is 0.772. The number of aromatic amines is 1. The molecule has 0 radical (unpaired) electrons. The Morgan fingerprint density at radius 1 is 1.73 bits per heavy atom. The predicted molar refractivity (Wildman–Crippen MR) is 43.6 cm³/mol. The maximum Gasteiger partial charge on any atom is 0.138 e. The normalized spacial score (nSPS) is 10.3. The van der Waals surface area contributed by atoms with Crippen LogP contribution < -0.4 is 0 Å². The summed E-state index contributed by atoms with van der Waals surface area (Å²) in [5.74, 6) is 0.931. The standard InChI is InChI=1S/C6H11N3OS/c1-2-10-3-4-11-6-5-7-9-8-6/h5H,2-4H2,1H3,(H,7,8,9). The number of nitrogens with one attached hydrogen (secondary N) is 1. The highest BCUT2D eigenvalue weighted by molar-refractivity contribution is 7.99. The SMILES string of the molecule is CCOCCSc1cn[nH]n1. The van der Waals surface area contributed by atoms with E-state index in [0.717, 1.165) is 24.0 Å². The second kappa shape index (κ2) is 5.15. The van der Waals surface area contributed by atoms with Gasteiger partial charge in [-0.15, -0.1) is 16.9 Å². The van der Waals surface area contributed by atoms with E-state index in [-0.39, 0.29) is 0 Å². The van der Waals surface area contributed by atoms with Gasteiger partial charge in [0.25, 0.3) is 0 Å². The van der Waals surface area contributed by atoms with Crippen molar-refractivity contribution in [1.82, 2.24) is 15.4 Å². The number of hydrogen-bond acceptors (Lipinski definition) is 4. The third kappa shape index (κ3) is 3.38. The van der Waals surface area contributed by atoms with Gasteiger partial charge in [-0.3, -0.25) is 0 Å². The van der Waals surface area contributed by atoms with E-state index in [1.165, 1.54) is 0 Å². The first-order valence-corrected chi connectivity index (χ1v) is 4.48. The van der Waals surface area contributed by atoms with Gasteiger partial charge in [0, 0.05) is 12.4 Å². The second-order valence-corrected chi connectivity index (χ2v) is 2.97. The molecular formula is C6H11N3OS. The lowest BCUT2D eigenvalue weighted by Crippen LogP contribution is -1.95. The molecule has 1 N–H and O–H groups in total. The van der Waals surface area contributed by atoms with Crippen LogP contribution in [0.15, 0.2) is 11.2 Å². The van der Waals surface area contributed by atoms with Crippen LogP contribution in [0, 0.1) is 0 Å². The van der Waals surface area contributed by atoms with E-state index in [1.54, 1.807) is 18.0 Å². The largest absolute Gasteiger partial charge is 0.381 e. The van der Waals surface area contributed by atoms with Gasteiger partial charge in [-0.1, -0.05) is 0 Å². The van der Waals surface area contributed by atoms with Crippen molar-refractivity contribution in [2.24, 2.45) is 0 Å². The summed E-state index contributed by atoms with van der Waals surface area (Å²) < 4.78 is 5.15. The number of thioether (sulfide) groups is 1. The Hall–Kier alpha value is -0.550. The van der Waals surface area contributed by atoms with E-state index >= 15 is 0 Å². The molecule has 0 aliphatic rings. The van der Waals surface area contributed by atoms with Crippen molar-refractivity contribution >= 4 is 11.8 Å². The molecule has 1 heterocycles. The average molecular weight is 173 g/mol. The molecular weight excluding hydrogens is 162 g/mol. The molecule has 4 nitrogen and oxygen atoms in total. The number of hydrogen-bond donors (Lipinski definition) is 1. The average Bonchev–Trinajstić information content (AvgIpc) is 2.50. The fourth-order valence-electron chi connectivity index (χ4n) is 0.610. The van der Waals surface area contributed by atoms with Crippen LogP contribution >= 0.6 is 11.8 Å². The molecule has 0 unspecified atom stereocenters. The van der Waals surface area contributed by atoms with Gasteiger partial charge in [0.15, 0.2) is 0 Å². The molecule has 1 aromatic rings. The highest BCUT2D eigenvalue weighted by Crippen LogP contribution is 2.11.